The number of ether oxygens (including phenoxy) is 2. The van der Waals surface area contributed by atoms with Gasteiger partial charge < -0.3 is 14.8 Å². The van der Waals surface area contributed by atoms with E-state index < -0.39 is 34.4 Å². The molecule has 0 saturated heterocycles. The Morgan fingerprint density at radius 1 is 0.811 bits per heavy atom. The van der Waals surface area contributed by atoms with Crippen molar-refractivity contribution in [1.29, 1.82) is 0 Å². The average molecular weight is 525 g/mol. The molecule has 10 heteroatoms. The molecule has 194 valence electrons. The Morgan fingerprint density at radius 3 is 2.03 bits per heavy atom. The van der Waals surface area contributed by atoms with Gasteiger partial charge in [0.25, 0.3) is 10.0 Å². The van der Waals surface area contributed by atoms with E-state index in [1.54, 1.807) is 31.2 Å². The Balaban J connectivity index is 2.04. The van der Waals surface area contributed by atoms with Gasteiger partial charge in [-0.05, 0) is 62.7 Å². The number of carbonyl (C=O) groups is 3. The Bertz CT molecular complexity index is 1450. The summed E-state index contributed by atoms with van der Waals surface area (Å²) in [4.78, 5) is 37.5. The highest BCUT2D eigenvalue weighted by molar-refractivity contribution is 7.92. The van der Waals surface area contributed by atoms with Crippen molar-refractivity contribution in [1.82, 2.24) is 0 Å². The summed E-state index contributed by atoms with van der Waals surface area (Å²) in [6, 6.07) is 15.5. The molecule has 3 rings (SSSR count). The molecule has 0 spiro atoms. The predicted molar refractivity (Wildman–Crippen MR) is 139 cm³/mol. The van der Waals surface area contributed by atoms with Crippen molar-refractivity contribution >= 4 is 39.2 Å². The van der Waals surface area contributed by atoms with Gasteiger partial charge in [0.05, 0.1) is 41.6 Å². The normalized spacial score (nSPS) is 10.9. The number of nitrogens with one attached hydrogen (secondary N) is 1. The van der Waals surface area contributed by atoms with E-state index in [1.165, 1.54) is 44.6 Å². The fourth-order valence-corrected chi connectivity index (χ4v) is 5.21. The van der Waals surface area contributed by atoms with Crippen molar-refractivity contribution in [3.8, 4) is 0 Å². The number of anilines is 2. The van der Waals surface area contributed by atoms with Gasteiger partial charge in [0.1, 0.15) is 6.54 Å². The Labute approximate surface area is 216 Å². The second-order valence-corrected chi connectivity index (χ2v) is 10.3. The van der Waals surface area contributed by atoms with Crippen LogP contribution in [0, 0.1) is 20.8 Å². The second-order valence-electron chi connectivity index (χ2n) is 8.41. The summed E-state index contributed by atoms with van der Waals surface area (Å²) in [5, 5.41) is 2.56. The van der Waals surface area contributed by atoms with Crippen molar-refractivity contribution in [2.75, 3.05) is 30.4 Å². The number of aryl methyl sites for hydroxylation is 3. The van der Waals surface area contributed by atoms with Crippen molar-refractivity contribution in [3.05, 3.63) is 88.5 Å². The van der Waals surface area contributed by atoms with Crippen LogP contribution in [-0.4, -0.2) is 47.0 Å². The van der Waals surface area contributed by atoms with Crippen LogP contribution in [-0.2, 0) is 24.3 Å². The summed E-state index contributed by atoms with van der Waals surface area (Å²) in [5.41, 5.74) is 2.86. The smallest absolute Gasteiger partial charge is 0.339 e. The molecular formula is C27H28N2O7S. The number of nitrogens with zero attached hydrogens (tertiary/aromatic N) is 1. The van der Waals surface area contributed by atoms with Crippen LogP contribution in [0.5, 0.6) is 0 Å². The van der Waals surface area contributed by atoms with Gasteiger partial charge in [0, 0.05) is 0 Å². The van der Waals surface area contributed by atoms with Crippen LogP contribution in [0.25, 0.3) is 0 Å². The lowest BCUT2D eigenvalue weighted by atomic mass is 10.1. The van der Waals surface area contributed by atoms with E-state index in [2.05, 4.69) is 5.32 Å². The van der Waals surface area contributed by atoms with Gasteiger partial charge in [-0.2, -0.15) is 0 Å². The van der Waals surface area contributed by atoms with Gasteiger partial charge in [0.2, 0.25) is 5.91 Å². The van der Waals surface area contributed by atoms with E-state index in [1.807, 2.05) is 19.9 Å². The summed E-state index contributed by atoms with van der Waals surface area (Å²) in [6.45, 7) is 4.88. The van der Waals surface area contributed by atoms with Gasteiger partial charge in [-0.1, -0.05) is 35.4 Å². The molecule has 1 N–H and O–H groups in total. The number of rotatable bonds is 8. The zero-order valence-electron chi connectivity index (χ0n) is 21.2. The molecule has 1 amide bonds. The molecule has 9 nitrogen and oxygen atoms in total. The van der Waals surface area contributed by atoms with Gasteiger partial charge in [-0.25, -0.2) is 18.0 Å². The van der Waals surface area contributed by atoms with Crippen molar-refractivity contribution in [2.45, 2.75) is 25.7 Å². The van der Waals surface area contributed by atoms with Gasteiger partial charge in [0.15, 0.2) is 0 Å². The first-order valence-corrected chi connectivity index (χ1v) is 12.7. The van der Waals surface area contributed by atoms with Crippen LogP contribution < -0.4 is 9.62 Å². The fourth-order valence-electron chi connectivity index (χ4n) is 3.72. The van der Waals surface area contributed by atoms with Crippen LogP contribution >= 0.6 is 0 Å². The van der Waals surface area contributed by atoms with Gasteiger partial charge >= 0.3 is 11.9 Å². The summed E-state index contributed by atoms with van der Waals surface area (Å²) in [6.07, 6.45) is 0. The molecule has 0 aliphatic rings. The van der Waals surface area contributed by atoms with E-state index in [0.717, 1.165) is 15.4 Å². The highest BCUT2D eigenvalue weighted by atomic mass is 32.2. The van der Waals surface area contributed by atoms with Crippen LogP contribution in [0.4, 0.5) is 11.4 Å². The average Bonchev–Trinajstić information content (AvgIpc) is 2.87. The number of hydrogen-bond acceptors (Lipinski definition) is 7. The second kappa shape index (κ2) is 11.3. The van der Waals surface area contributed by atoms with Crippen LogP contribution in [0.3, 0.4) is 0 Å². The number of hydrogen-bond donors (Lipinski definition) is 1. The lowest BCUT2D eigenvalue weighted by molar-refractivity contribution is -0.114. The largest absolute Gasteiger partial charge is 0.465 e. The first-order chi connectivity index (χ1) is 17.5. The topological polar surface area (TPSA) is 119 Å². The third-order valence-electron chi connectivity index (χ3n) is 5.64. The molecule has 0 aromatic heterocycles. The molecule has 0 heterocycles. The molecule has 0 aliphatic carbocycles. The number of sulfonamides is 1. The maximum absolute atomic E-state index is 13.7. The fraction of sp³-hybridized carbons (Fsp3) is 0.222. The molecule has 0 saturated carbocycles. The minimum atomic E-state index is -4.14. The van der Waals surface area contributed by atoms with Gasteiger partial charge in [-0.3, -0.25) is 9.10 Å². The number of amides is 1. The van der Waals surface area contributed by atoms with Crippen molar-refractivity contribution in [3.63, 3.8) is 0 Å². The van der Waals surface area contributed by atoms with Crippen molar-refractivity contribution in [2.24, 2.45) is 0 Å². The number of carbonyl (C=O) groups excluding carboxylic acids is 3. The standard InChI is InChI=1S/C27H28N2O7S/c1-17-6-10-21(11-7-17)37(33,34)29(24-13-8-18(2)14-19(24)3)16-25(30)28-23-15-20(26(31)35-4)9-12-22(23)27(32)36-5/h6-15H,16H2,1-5H3,(H,28,30). The van der Waals surface area contributed by atoms with E-state index in [-0.39, 0.29) is 21.7 Å². The van der Waals surface area contributed by atoms with Crippen LogP contribution in [0.15, 0.2) is 65.6 Å². The predicted octanol–water partition coefficient (Wildman–Crippen LogP) is 4.02. The van der Waals surface area contributed by atoms with Crippen molar-refractivity contribution < 1.29 is 32.3 Å². The van der Waals surface area contributed by atoms with E-state index in [4.69, 9.17) is 9.47 Å². The molecule has 0 bridgehead atoms. The van der Waals surface area contributed by atoms with Gasteiger partial charge in [-0.15, -0.1) is 0 Å². The quantitative estimate of drug-likeness (QED) is 0.442. The molecule has 0 atom stereocenters. The van der Waals surface area contributed by atoms with E-state index in [9.17, 15) is 22.8 Å². The Kier molecular flexibility index (Phi) is 8.34. The lowest BCUT2D eigenvalue weighted by Gasteiger charge is -2.26. The van der Waals surface area contributed by atoms with E-state index >= 15 is 0 Å². The highest BCUT2D eigenvalue weighted by Crippen LogP contribution is 2.28. The lowest BCUT2D eigenvalue weighted by Crippen LogP contribution is -2.38. The molecule has 3 aromatic rings. The molecular weight excluding hydrogens is 496 g/mol. The summed E-state index contributed by atoms with van der Waals surface area (Å²) >= 11 is 0. The maximum atomic E-state index is 13.7. The third-order valence-corrected chi connectivity index (χ3v) is 7.41. The Morgan fingerprint density at radius 2 is 1.43 bits per heavy atom. The summed E-state index contributed by atoms with van der Waals surface area (Å²) in [5.74, 6) is -2.15. The zero-order valence-corrected chi connectivity index (χ0v) is 22.0. The molecule has 0 radical (unpaired) electrons. The monoisotopic (exact) mass is 524 g/mol. The highest BCUT2D eigenvalue weighted by Gasteiger charge is 2.29. The zero-order chi connectivity index (χ0) is 27.3. The minimum Gasteiger partial charge on any atom is -0.465 e. The molecule has 0 unspecified atom stereocenters. The first-order valence-electron chi connectivity index (χ1n) is 11.2. The number of esters is 2. The maximum Gasteiger partial charge on any atom is 0.339 e. The Hall–Kier alpha value is -4.18. The summed E-state index contributed by atoms with van der Waals surface area (Å²) < 4.78 is 37.9. The third kappa shape index (κ3) is 6.15. The minimum absolute atomic E-state index is 0.0111. The van der Waals surface area contributed by atoms with E-state index in [0.29, 0.717) is 11.3 Å². The first kappa shape index (κ1) is 27.4. The molecule has 3 aromatic carbocycles. The molecule has 0 aliphatic heterocycles. The molecule has 0 fully saturated rings. The number of methoxy groups -OCH3 is 2. The molecule has 37 heavy (non-hydrogen) atoms. The van der Waals surface area contributed by atoms with Crippen LogP contribution in [0.2, 0.25) is 0 Å². The SMILES string of the molecule is COC(=O)c1ccc(C(=O)OC)c(NC(=O)CN(c2ccc(C)cc2C)S(=O)(=O)c2ccc(C)cc2)c1. The van der Waals surface area contributed by atoms with Crippen LogP contribution in [0.1, 0.15) is 37.4 Å². The summed E-state index contributed by atoms with van der Waals surface area (Å²) in [7, 11) is -1.76. The number of benzene rings is 3.